The summed E-state index contributed by atoms with van der Waals surface area (Å²) in [5.41, 5.74) is 3.38. The molecule has 0 radical (unpaired) electrons. The molecular weight excluding hydrogens is 344 g/mol. The highest BCUT2D eigenvalue weighted by atomic mass is 16.4. The molecule has 2 aliphatic heterocycles. The summed E-state index contributed by atoms with van der Waals surface area (Å²) in [7, 11) is 0. The minimum Gasteiger partial charge on any atom is -0.478 e. The van der Waals surface area contributed by atoms with E-state index in [0.29, 0.717) is 31.7 Å². The quantitative estimate of drug-likeness (QED) is 0.889. The van der Waals surface area contributed by atoms with E-state index in [1.54, 1.807) is 24.5 Å². The molecular formula is C20H22N4O3. The van der Waals surface area contributed by atoms with Gasteiger partial charge in [0.15, 0.2) is 0 Å². The van der Waals surface area contributed by atoms with Crippen LogP contribution in [0.25, 0.3) is 0 Å². The van der Waals surface area contributed by atoms with Gasteiger partial charge in [-0.1, -0.05) is 12.1 Å². The van der Waals surface area contributed by atoms with Crippen molar-refractivity contribution in [3.05, 3.63) is 59.2 Å². The number of carbonyl (C=O) groups excluding carboxylic acids is 1. The Morgan fingerprint density at radius 2 is 2.15 bits per heavy atom. The first-order chi connectivity index (χ1) is 13.1. The van der Waals surface area contributed by atoms with Gasteiger partial charge in [0.05, 0.1) is 17.8 Å². The summed E-state index contributed by atoms with van der Waals surface area (Å²) in [6.45, 7) is 3.16. The maximum atomic E-state index is 12.8. The van der Waals surface area contributed by atoms with E-state index in [-0.39, 0.29) is 11.8 Å². The van der Waals surface area contributed by atoms with Crippen molar-refractivity contribution in [2.75, 3.05) is 19.6 Å². The van der Waals surface area contributed by atoms with Crippen LogP contribution in [0.5, 0.6) is 0 Å². The van der Waals surface area contributed by atoms with Crippen molar-refractivity contribution in [3.63, 3.8) is 0 Å². The Kier molecular flexibility index (Phi) is 4.85. The Labute approximate surface area is 157 Å². The third-order valence-corrected chi connectivity index (χ3v) is 5.39. The zero-order chi connectivity index (χ0) is 18.8. The predicted octanol–water partition coefficient (Wildman–Crippen LogP) is 1.90. The second kappa shape index (κ2) is 7.44. The summed E-state index contributed by atoms with van der Waals surface area (Å²) in [6, 6.07) is 7.07. The summed E-state index contributed by atoms with van der Waals surface area (Å²) in [6.07, 6.45) is 5.26. The van der Waals surface area contributed by atoms with Crippen molar-refractivity contribution in [3.8, 4) is 0 Å². The third-order valence-electron chi connectivity index (χ3n) is 5.39. The molecule has 0 spiro atoms. The number of benzene rings is 1. The zero-order valence-electron chi connectivity index (χ0n) is 15.0. The summed E-state index contributed by atoms with van der Waals surface area (Å²) >= 11 is 0. The molecule has 0 bridgehead atoms. The van der Waals surface area contributed by atoms with Gasteiger partial charge in [0.25, 0.3) is 0 Å². The minimum atomic E-state index is -0.919. The molecule has 3 heterocycles. The molecule has 0 unspecified atom stereocenters. The monoisotopic (exact) mass is 366 g/mol. The van der Waals surface area contributed by atoms with Crippen LogP contribution in [-0.2, 0) is 17.9 Å². The smallest absolute Gasteiger partial charge is 0.335 e. The lowest BCUT2D eigenvalue weighted by Gasteiger charge is -2.34. The van der Waals surface area contributed by atoms with Gasteiger partial charge in [-0.3, -0.25) is 9.69 Å². The molecule has 1 N–H and O–H groups in total. The summed E-state index contributed by atoms with van der Waals surface area (Å²) in [5.74, 6) is -0.615. The van der Waals surface area contributed by atoms with Crippen molar-refractivity contribution in [1.82, 2.24) is 19.8 Å². The Hall–Kier alpha value is -2.80. The van der Waals surface area contributed by atoms with E-state index in [4.69, 9.17) is 0 Å². The van der Waals surface area contributed by atoms with Gasteiger partial charge in [0.1, 0.15) is 6.33 Å². The van der Waals surface area contributed by atoms with Crippen LogP contribution in [0.1, 0.15) is 45.9 Å². The maximum Gasteiger partial charge on any atom is 0.335 e. The number of fused-ring (bicyclic) bond motifs is 1. The molecule has 1 fully saturated rings. The van der Waals surface area contributed by atoms with Crippen LogP contribution in [0.3, 0.4) is 0 Å². The molecule has 0 saturated carbocycles. The van der Waals surface area contributed by atoms with Crippen molar-refractivity contribution in [2.45, 2.75) is 31.8 Å². The largest absolute Gasteiger partial charge is 0.478 e. The molecule has 27 heavy (non-hydrogen) atoms. The number of carboxylic acids is 1. The first-order valence-electron chi connectivity index (χ1n) is 9.21. The van der Waals surface area contributed by atoms with E-state index < -0.39 is 5.97 Å². The number of likely N-dealkylation sites (tertiary alicyclic amines) is 1. The van der Waals surface area contributed by atoms with Gasteiger partial charge < -0.3 is 10.0 Å². The van der Waals surface area contributed by atoms with E-state index in [0.717, 1.165) is 36.2 Å². The molecule has 1 aromatic heterocycles. The Morgan fingerprint density at radius 3 is 2.96 bits per heavy atom. The van der Waals surface area contributed by atoms with E-state index in [2.05, 4.69) is 14.9 Å². The molecule has 140 valence electrons. The van der Waals surface area contributed by atoms with Crippen LogP contribution >= 0.6 is 0 Å². The topological polar surface area (TPSA) is 86.6 Å². The molecule has 1 saturated heterocycles. The molecule has 1 atom stereocenters. The lowest BCUT2D eigenvalue weighted by atomic mass is 9.89. The lowest BCUT2D eigenvalue weighted by Crippen LogP contribution is -2.43. The number of carboxylic acid groups (broad SMARTS) is 1. The van der Waals surface area contributed by atoms with Crippen molar-refractivity contribution in [1.29, 1.82) is 0 Å². The van der Waals surface area contributed by atoms with Gasteiger partial charge >= 0.3 is 5.97 Å². The van der Waals surface area contributed by atoms with Gasteiger partial charge in [-0.05, 0) is 30.5 Å². The number of aromatic carboxylic acids is 1. The number of hydrogen-bond donors (Lipinski definition) is 1. The highest BCUT2D eigenvalue weighted by Crippen LogP contribution is 2.28. The van der Waals surface area contributed by atoms with Crippen molar-refractivity contribution in [2.24, 2.45) is 0 Å². The molecule has 1 aromatic carbocycles. The highest BCUT2D eigenvalue weighted by Gasteiger charge is 2.28. The Morgan fingerprint density at radius 1 is 1.26 bits per heavy atom. The van der Waals surface area contributed by atoms with Gasteiger partial charge in [0.2, 0.25) is 5.91 Å². The van der Waals surface area contributed by atoms with Gasteiger partial charge in [0, 0.05) is 43.9 Å². The fraction of sp³-hybridized carbons (Fsp3) is 0.400. The van der Waals surface area contributed by atoms with Gasteiger partial charge in [-0.25, -0.2) is 14.8 Å². The predicted molar refractivity (Wildman–Crippen MR) is 98.1 cm³/mol. The standard InChI is InChI=1S/C20H22N4O3/c25-19(12-23-9-17-8-21-13-22-18(17)11-23)24-6-2-5-16(10-24)14-3-1-4-15(7-14)20(26)27/h1,3-4,7-8,13,16H,2,5-6,9-12H2,(H,26,27)/t16-/m0/s1. The fourth-order valence-electron chi connectivity index (χ4n) is 3.97. The van der Waals surface area contributed by atoms with Crippen LogP contribution in [0.2, 0.25) is 0 Å². The summed E-state index contributed by atoms with van der Waals surface area (Å²) in [5, 5.41) is 9.20. The van der Waals surface area contributed by atoms with E-state index >= 15 is 0 Å². The van der Waals surface area contributed by atoms with E-state index in [1.807, 2.05) is 17.2 Å². The first kappa shape index (κ1) is 17.6. The summed E-state index contributed by atoms with van der Waals surface area (Å²) < 4.78 is 0. The van der Waals surface area contributed by atoms with Gasteiger partial charge in [-0.15, -0.1) is 0 Å². The second-order valence-electron chi connectivity index (χ2n) is 7.25. The second-order valence-corrected chi connectivity index (χ2v) is 7.25. The molecule has 0 aliphatic carbocycles. The number of carbonyl (C=O) groups is 2. The number of rotatable bonds is 4. The number of hydrogen-bond acceptors (Lipinski definition) is 5. The average molecular weight is 366 g/mol. The summed E-state index contributed by atoms with van der Waals surface area (Å²) in [4.78, 5) is 36.4. The van der Waals surface area contributed by atoms with Crippen LogP contribution in [-0.4, -0.2) is 56.4 Å². The van der Waals surface area contributed by atoms with Gasteiger partial charge in [-0.2, -0.15) is 0 Å². The molecule has 7 nitrogen and oxygen atoms in total. The van der Waals surface area contributed by atoms with Crippen molar-refractivity contribution < 1.29 is 14.7 Å². The average Bonchev–Trinajstić information content (AvgIpc) is 3.10. The first-order valence-corrected chi connectivity index (χ1v) is 9.21. The number of nitrogens with zero attached hydrogens (tertiary/aromatic N) is 4. The normalized spacial score (nSPS) is 19.7. The number of amides is 1. The molecule has 2 aromatic rings. The van der Waals surface area contributed by atoms with Crippen LogP contribution < -0.4 is 0 Å². The molecule has 4 rings (SSSR count). The Balaban J connectivity index is 1.39. The van der Waals surface area contributed by atoms with Crippen molar-refractivity contribution >= 4 is 11.9 Å². The van der Waals surface area contributed by atoms with Crippen LogP contribution in [0, 0.1) is 0 Å². The number of aromatic nitrogens is 2. The molecule has 1 amide bonds. The SMILES string of the molecule is O=C(O)c1cccc([C@H]2CCCN(C(=O)CN3Cc4cncnc4C3)C2)c1. The maximum absolute atomic E-state index is 12.8. The highest BCUT2D eigenvalue weighted by molar-refractivity contribution is 5.87. The Bertz CT molecular complexity index is 845. The van der Waals surface area contributed by atoms with Crippen LogP contribution in [0.4, 0.5) is 0 Å². The lowest BCUT2D eigenvalue weighted by molar-refractivity contribution is -0.133. The number of piperidine rings is 1. The zero-order valence-corrected chi connectivity index (χ0v) is 15.0. The van der Waals surface area contributed by atoms with E-state index in [1.165, 1.54) is 0 Å². The molecule has 7 heteroatoms. The third kappa shape index (κ3) is 3.83. The van der Waals surface area contributed by atoms with Crippen LogP contribution in [0.15, 0.2) is 36.8 Å². The fourth-order valence-corrected chi connectivity index (χ4v) is 3.97. The minimum absolute atomic E-state index is 0.120. The molecule has 2 aliphatic rings. The van der Waals surface area contributed by atoms with E-state index in [9.17, 15) is 14.7 Å².